The van der Waals surface area contributed by atoms with Gasteiger partial charge in [-0.3, -0.25) is 14.3 Å². The Labute approximate surface area is 199 Å². The minimum absolute atomic E-state index is 0.0416. The number of aryl methyl sites for hydroxylation is 1. The smallest absolute Gasteiger partial charge is 0.311 e. The van der Waals surface area contributed by atoms with E-state index in [4.69, 9.17) is 4.74 Å². The molecule has 0 atom stereocenters. The van der Waals surface area contributed by atoms with Gasteiger partial charge in [-0.25, -0.2) is 0 Å². The largest absolute Gasteiger partial charge is 0.858 e. The van der Waals surface area contributed by atoms with Gasteiger partial charge in [0.1, 0.15) is 29.3 Å². The molecule has 34 heavy (non-hydrogen) atoms. The molecule has 0 unspecified atom stereocenters. The Bertz CT molecular complexity index is 1190. The van der Waals surface area contributed by atoms with Crippen LogP contribution in [0.15, 0.2) is 91.0 Å². The van der Waals surface area contributed by atoms with E-state index in [1.165, 1.54) is 14.2 Å². The van der Waals surface area contributed by atoms with E-state index in [-0.39, 0.29) is 29.6 Å². The molecule has 0 aliphatic rings. The van der Waals surface area contributed by atoms with Gasteiger partial charge in [-0.05, 0) is 42.3 Å². The lowest BCUT2D eigenvalue weighted by atomic mass is 10.1. The van der Waals surface area contributed by atoms with Gasteiger partial charge in [0, 0.05) is 7.05 Å². The standard InChI is InChI=1S/C27H25N2O4P/c1-29-27(32)26(23(28-29)18-25(31)33-2)24(30)19-34(20-12-6-3-7-13-20,21-14-8-4-9-15-21)22-16-10-5-11-17-22/h3-17H,18-19H2,1-2H3. The Kier molecular flexibility index (Phi) is 6.90. The van der Waals surface area contributed by atoms with Crippen molar-refractivity contribution in [2.24, 2.45) is 7.05 Å². The second-order valence-electron chi connectivity index (χ2n) is 7.90. The number of Topliss-reactive ketones (excluding diaryl/α,β-unsaturated/α-hetero) is 1. The molecule has 4 rings (SSSR count). The first-order chi connectivity index (χ1) is 16.5. The molecule has 0 N–H and O–H groups in total. The van der Waals surface area contributed by atoms with Crippen molar-refractivity contribution in [1.29, 1.82) is 0 Å². The molecule has 172 valence electrons. The highest BCUT2D eigenvalue weighted by Crippen LogP contribution is 2.55. The molecule has 1 heterocycles. The topological polar surface area (TPSA) is 84.2 Å². The van der Waals surface area contributed by atoms with Crippen molar-refractivity contribution < 1.29 is 19.4 Å². The van der Waals surface area contributed by atoms with Gasteiger partial charge in [-0.2, -0.15) is 5.10 Å². The quantitative estimate of drug-likeness (QED) is 0.223. The number of benzene rings is 3. The fraction of sp³-hybridized carbons (Fsp3) is 0.148. The molecule has 0 saturated carbocycles. The van der Waals surface area contributed by atoms with E-state index < -0.39 is 19.1 Å². The summed E-state index contributed by atoms with van der Waals surface area (Å²) in [6, 6.07) is 29.9. The van der Waals surface area contributed by atoms with Crippen LogP contribution < -0.4 is 21.0 Å². The maximum atomic E-state index is 13.9. The number of carbonyl (C=O) groups excluding carboxylic acids is 2. The number of aromatic nitrogens is 2. The van der Waals surface area contributed by atoms with Crippen molar-refractivity contribution in [3.63, 3.8) is 0 Å². The third-order valence-electron chi connectivity index (χ3n) is 5.86. The highest BCUT2D eigenvalue weighted by atomic mass is 31.2. The van der Waals surface area contributed by atoms with Gasteiger partial charge in [0.05, 0.1) is 24.8 Å². The van der Waals surface area contributed by atoms with E-state index in [1.807, 2.05) is 91.0 Å². The third kappa shape index (κ3) is 4.37. The lowest BCUT2D eigenvalue weighted by molar-refractivity contribution is -0.279. The van der Waals surface area contributed by atoms with E-state index in [9.17, 15) is 14.7 Å². The van der Waals surface area contributed by atoms with Crippen LogP contribution in [0.2, 0.25) is 0 Å². The zero-order valence-electron chi connectivity index (χ0n) is 19.0. The molecule has 0 aliphatic heterocycles. The summed E-state index contributed by atoms with van der Waals surface area (Å²) in [5.74, 6) is -1.39. The van der Waals surface area contributed by atoms with Crippen molar-refractivity contribution in [2.75, 3.05) is 13.3 Å². The highest BCUT2D eigenvalue weighted by molar-refractivity contribution is 7.96. The van der Waals surface area contributed by atoms with Gasteiger partial charge in [0.25, 0.3) is 0 Å². The molecule has 0 spiro atoms. The van der Waals surface area contributed by atoms with Gasteiger partial charge < -0.3 is 9.84 Å². The molecule has 0 saturated heterocycles. The van der Waals surface area contributed by atoms with Crippen LogP contribution in [0, 0.1) is 0 Å². The maximum absolute atomic E-state index is 13.9. The first-order valence-electron chi connectivity index (χ1n) is 10.8. The molecule has 0 fully saturated rings. The molecule has 3 aromatic carbocycles. The van der Waals surface area contributed by atoms with Gasteiger partial charge in [-0.15, -0.1) is 0 Å². The van der Waals surface area contributed by atoms with E-state index >= 15 is 0 Å². The number of hydrogen-bond donors (Lipinski definition) is 0. The van der Waals surface area contributed by atoms with Gasteiger partial charge in [0.2, 0.25) is 5.78 Å². The first-order valence-corrected chi connectivity index (χ1v) is 12.8. The van der Waals surface area contributed by atoms with Crippen LogP contribution >= 0.6 is 7.26 Å². The van der Waals surface area contributed by atoms with Crippen molar-refractivity contribution in [3.05, 3.63) is 102 Å². The Balaban J connectivity index is 1.92. The lowest BCUT2D eigenvalue weighted by Gasteiger charge is -2.27. The minimum Gasteiger partial charge on any atom is -0.858 e. The number of hydrogen-bond acceptors (Lipinski definition) is 5. The molecule has 6 nitrogen and oxygen atoms in total. The molecule has 0 radical (unpaired) electrons. The Morgan fingerprint density at radius 1 is 0.853 bits per heavy atom. The van der Waals surface area contributed by atoms with Gasteiger partial charge in [0.15, 0.2) is 0 Å². The van der Waals surface area contributed by atoms with E-state index in [1.54, 1.807) is 0 Å². The van der Waals surface area contributed by atoms with Crippen LogP contribution in [0.25, 0.3) is 0 Å². The number of ketones is 1. The maximum Gasteiger partial charge on any atom is 0.311 e. The second kappa shape index (κ2) is 10.0. The number of esters is 1. The molecule has 4 aromatic rings. The average molecular weight is 472 g/mol. The molecular formula is C27H25N2O4P. The zero-order valence-corrected chi connectivity index (χ0v) is 19.9. The summed E-state index contributed by atoms with van der Waals surface area (Å²) in [6.45, 7) is 0. The van der Waals surface area contributed by atoms with Crippen LogP contribution in [0.1, 0.15) is 16.1 Å². The monoisotopic (exact) mass is 472 g/mol. The number of ether oxygens (including phenoxy) is 1. The second-order valence-corrected chi connectivity index (χ2v) is 11.4. The predicted molar refractivity (Wildman–Crippen MR) is 133 cm³/mol. The molecule has 0 amide bonds. The van der Waals surface area contributed by atoms with E-state index in [0.717, 1.165) is 20.6 Å². The summed E-state index contributed by atoms with van der Waals surface area (Å²) in [5.41, 5.74) is 0.108. The summed E-state index contributed by atoms with van der Waals surface area (Å²) in [5, 5.41) is 20.2. The van der Waals surface area contributed by atoms with E-state index in [0.29, 0.717) is 0 Å². The Hall–Kier alpha value is -3.76. The average Bonchev–Trinajstić information content (AvgIpc) is 3.16. The number of carbonyl (C=O) groups is 2. The summed E-state index contributed by atoms with van der Waals surface area (Å²) in [7, 11) is 0.257. The predicted octanol–water partition coefficient (Wildman–Crippen LogP) is 2.39. The number of nitrogens with zero attached hydrogens (tertiary/aromatic N) is 2. The Morgan fingerprint density at radius 3 is 1.71 bits per heavy atom. The molecular weight excluding hydrogens is 447 g/mol. The van der Waals surface area contributed by atoms with Gasteiger partial charge >= 0.3 is 5.97 Å². The summed E-state index contributed by atoms with van der Waals surface area (Å²) in [4.78, 5) is 25.9. The third-order valence-corrected chi connectivity index (χ3v) is 10.2. The molecule has 1 aromatic heterocycles. The van der Waals surface area contributed by atoms with Crippen molar-refractivity contribution in [1.82, 2.24) is 9.78 Å². The fourth-order valence-corrected chi connectivity index (χ4v) is 8.31. The Morgan fingerprint density at radius 2 is 1.29 bits per heavy atom. The first kappa shape index (κ1) is 23.4. The van der Waals surface area contributed by atoms with Crippen molar-refractivity contribution in [3.8, 4) is 5.88 Å². The van der Waals surface area contributed by atoms with Crippen LogP contribution in [0.3, 0.4) is 0 Å². The highest BCUT2D eigenvalue weighted by Gasteiger charge is 2.47. The van der Waals surface area contributed by atoms with Crippen LogP contribution in [-0.4, -0.2) is 34.8 Å². The lowest BCUT2D eigenvalue weighted by Crippen LogP contribution is -2.36. The minimum atomic E-state index is -2.49. The molecule has 0 bridgehead atoms. The van der Waals surface area contributed by atoms with E-state index in [2.05, 4.69) is 5.10 Å². The van der Waals surface area contributed by atoms with Crippen LogP contribution in [0.4, 0.5) is 0 Å². The van der Waals surface area contributed by atoms with Crippen LogP contribution in [-0.2, 0) is 23.0 Å². The number of rotatable bonds is 8. The van der Waals surface area contributed by atoms with Crippen LogP contribution in [0.5, 0.6) is 5.88 Å². The summed E-state index contributed by atoms with van der Waals surface area (Å²) >= 11 is 0. The molecule has 7 heteroatoms. The summed E-state index contributed by atoms with van der Waals surface area (Å²) in [6.07, 6.45) is -0.138. The summed E-state index contributed by atoms with van der Waals surface area (Å²) < 4.78 is 5.86. The fourth-order valence-electron chi connectivity index (χ4n) is 4.24. The van der Waals surface area contributed by atoms with Crippen molar-refractivity contribution in [2.45, 2.75) is 6.42 Å². The van der Waals surface area contributed by atoms with Crippen molar-refractivity contribution >= 4 is 34.9 Å². The SMILES string of the molecule is COC(=O)Cc1nn(C)c([O-])c1C(=O)C[P+](c1ccccc1)(c1ccccc1)c1ccccc1. The van der Waals surface area contributed by atoms with Gasteiger partial charge in [-0.1, -0.05) is 54.6 Å². The molecule has 0 aliphatic carbocycles. The normalized spacial score (nSPS) is 11.2. The zero-order chi connectivity index (χ0) is 24.1. The number of methoxy groups -OCH3 is 1.